The minimum absolute atomic E-state index is 0.126. The zero-order valence-electron chi connectivity index (χ0n) is 21.9. The Morgan fingerprint density at radius 2 is 1.52 bits per heavy atom. The Bertz CT molecular complexity index is 1430. The van der Waals surface area contributed by atoms with Gasteiger partial charge in [-0.15, -0.1) is 0 Å². The second-order valence-corrected chi connectivity index (χ2v) is 12.6. The van der Waals surface area contributed by atoms with Crippen molar-refractivity contribution in [3.63, 3.8) is 0 Å². The fourth-order valence-corrected chi connectivity index (χ4v) is 5.68. The first-order chi connectivity index (χ1) is 18.9. The van der Waals surface area contributed by atoms with Crippen molar-refractivity contribution in [3.05, 3.63) is 97.9 Å². The average molecular weight is 645 g/mol. The topological polar surface area (TPSA) is 86.8 Å². The highest BCUT2D eigenvalue weighted by atomic mass is 35.5. The van der Waals surface area contributed by atoms with Crippen LogP contribution < -0.4 is 9.62 Å². The van der Waals surface area contributed by atoms with Gasteiger partial charge in [-0.25, -0.2) is 8.42 Å². The second-order valence-electron chi connectivity index (χ2n) is 9.09. The van der Waals surface area contributed by atoms with Crippen molar-refractivity contribution in [2.45, 2.75) is 32.4 Å². The first kappa shape index (κ1) is 32.0. The van der Waals surface area contributed by atoms with Crippen LogP contribution in [0.2, 0.25) is 20.1 Å². The van der Waals surface area contributed by atoms with Crippen molar-refractivity contribution < 1.29 is 18.0 Å². The van der Waals surface area contributed by atoms with E-state index >= 15 is 0 Å². The maximum Gasteiger partial charge on any atom is 0.244 e. The normalized spacial score (nSPS) is 12.1. The van der Waals surface area contributed by atoms with Gasteiger partial charge >= 0.3 is 0 Å². The maximum absolute atomic E-state index is 14.1. The van der Waals surface area contributed by atoms with Gasteiger partial charge in [-0.05, 0) is 42.3 Å². The third-order valence-corrected chi connectivity index (χ3v) is 8.67. The van der Waals surface area contributed by atoms with E-state index in [1.165, 1.54) is 23.1 Å². The average Bonchev–Trinajstić information content (AvgIpc) is 2.90. The van der Waals surface area contributed by atoms with Gasteiger partial charge in [0.1, 0.15) is 12.6 Å². The summed E-state index contributed by atoms with van der Waals surface area (Å²) >= 11 is 25.1. The maximum atomic E-state index is 14.1. The predicted octanol–water partition coefficient (Wildman–Crippen LogP) is 6.23. The molecule has 0 aliphatic carbocycles. The molecule has 1 N–H and O–H groups in total. The van der Waals surface area contributed by atoms with Crippen LogP contribution in [0, 0.1) is 0 Å². The van der Waals surface area contributed by atoms with Gasteiger partial charge in [-0.3, -0.25) is 13.9 Å². The predicted molar refractivity (Wildman–Crippen MR) is 163 cm³/mol. The summed E-state index contributed by atoms with van der Waals surface area (Å²) in [5.41, 5.74) is 1.39. The molecule has 40 heavy (non-hydrogen) atoms. The number of nitrogens with zero attached hydrogens (tertiary/aromatic N) is 2. The van der Waals surface area contributed by atoms with Crippen LogP contribution in [-0.4, -0.2) is 50.5 Å². The highest BCUT2D eigenvalue weighted by molar-refractivity contribution is 7.92. The molecule has 0 heterocycles. The summed E-state index contributed by atoms with van der Waals surface area (Å²) < 4.78 is 26.6. The first-order valence-electron chi connectivity index (χ1n) is 12.4. The van der Waals surface area contributed by atoms with Crippen LogP contribution in [0.25, 0.3) is 0 Å². The Morgan fingerprint density at radius 1 is 0.875 bits per heavy atom. The highest BCUT2D eigenvalue weighted by Gasteiger charge is 2.33. The van der Waals surface area contributed by atoms with Crippen molar-refractivity contribution in [1.82, 2.24) is 10.2 Å². The minimum Gasteiger partial charge on any atom is -0.354 e. The molecule has 0 unspecified atom stereocenters. The summed E-state index contributed by atoms with van der Waals surface area (Å²) in [4.78, 5) is 28.9. The molecule has 7 nitrogen and oxygen atoms in total. The number of rotatable bonds is 12. The number of carbonyl (C=O) groups excluding carboxylic acids is 2. The summed E-state index contributed by atoms with van der Waals surface area (Å²) in [7, 11) is -3.95. The number of halogens is 4. The number of anilines is 1. The molecular weight excluding hydrogens is 616 g/mol. The molecule has 2 amide bonds. The summed E-state index contributed by atoms with van der Waals surface area (Å²) in [6, 6.07) is 17.4. The van der Waals surface area contributed by atoms with Gasteiger partial charge in [0.05, 0.1) is 22.0 Å². The zero-order valence-corrected chi connectivity index (χ0v) is 25.8. The Morgan fingerprint density at radius 3 is 2.10 bits per heavy atom. The van der Waals surface area contributed by atoms with Crippen LogP contribution in [0.3, 0.4) is 0 Å². The van der Waals surface area contributed by atoms with Gasteiger partial charge in [0.2, 0.25) is 21.8 Å². The number of carbonyl (C=O) groups is 2. The summed E-state index contributed by atoms with van der Waals surface area (Å²) in [5.74, 6) is -1.03. The first-order valence-corrected chi connectivity index (χ1v) is 15.7. The van der Waals surface area contributed by atoms with Crippen molar-refractivity contribution in [1.29, 1.82) is 0 Å². The number of amides is 2. The van der Waals surface area contributed by atoms with Crippen LogP contribution in [0.4, 0.5) is 5.69 Å². The molecular formula is C28H29Cl4N3O4S. The number of benzene rings is 3. The van der Waals surface area contributed by atoms with Crippen molar-refractivity contribution in [3.8, 4) is 0 Å². The van der Waals surface area contributed by atoms with Crippen molar-refractivity contribution >= 4 is 73.9 Å². The van der Waals surface area contributed by atoms with E-state index in [9.17, 15) is 18.0 Å². The monoisotopic (exact) mass is 643 g/mol. The molecule has 0 bridgehead atoms. The molecule has 1 atom stereocenters. The van der Waals surface area contributed by atoms with Gasteiger partial charge in [-0.1, -0.05) is 89.7 Å². The smallest absolute Gasteiger partial charge is 0.244 e. The van der Waals surface area contributed by atoms with Crippen molar-refractivity contribution in [2.24, 2.45) is 0 Å². The summed E-state index contributed by atoms with van der Waals surface area (Å²) in [6.45, 7) is 1.58. The molecule has 0 radical (unpaired) electrons. The molecule has 214 valence electrons. The lowest BCUT2D eigenvalue weighted by molar-refractivity contribution is -0.140. The van der Waals surface area contributed by atoms with Gasteiger partial charge in [-0.2, -0.15) is 0 Å². The summed E-state index contributed by atoms with van der Waals surface area (Å²) in [6.07, 6.45) is 1.84. The molecule has 3 aromatic rings. The number of hydrogen-bond donors (Lipinski definition) is 1. The fraction of sp³-hybridized carbons (Fsp3) is 0.286. The number of nitrogens with one attached hydrogen (secondary N) is 1. The second kappa shape index (κ2) is 14.4. The molecule has 0 fully saturated rings. The van der Waals surface area contributed by atoms with E-state index in [-0.39, 0.29) is 34.6 Å². The SMILES string of the molecule is CCCNC(=O)[C@@H](Cc1ccccc1)N(Cc1c(Cl)cccc1Cl)C(=O)CN(c1ccc(Cl)c(Cl)c1)S(C)(=O)=O. The van der Waals surface area contributed by atoms with E-state index in [0.29, 0.717) is 28.6 Å². The number of hydrogen-bond acceptors (Lipinski definition) is 4. The van der Waals surface area contributed by atoms with E-state index in [2.05, 4.69) is 5.32 Å². The van der Waals surface area contributed by atoms with Gasteiger partial charge in [0, 0.05) is 35.1 Å². The van der Waals surface area contributed by atoms with E-state index in [4.69, 9.17) is 46.4 Å². The molecule has 0 saturated heterocycles. The van der Waals surface area contributed by atoms with Crippen LogP contribution in [0.5, 0.6) is 0 Å². The van der Waals surface area contributed by atoms with Crippen LogP contribution in [0.15, 0.2) is 66.7 Å². The molecule has 3 rings (SSSR count). The van der Waals surface area contributed by atoms with Gasteiger partial charge in [0.15, 0.2) is 0 Å². The quantitative estimate of drug-likeness (QED) is 0.253. The minimum atomic E-state index is -3.95. The fourth-order valence-electron chi connectivity index (χ4n) is 4.03. The lowest BCUT2D eigenvalue weighted by Gasteiger charge is -2.34. The van der Waals surface area contributed by atoms with Gasteiger partial charge < -0.3 is 10.2 Å². The third-order valence-electron chi connectivity index (χ3n) is 6.08. The van der Waals surface area contributed by atoms with E-state index < -0.39 is 28.5 Å². The Balaban J connectivity index is 2.10. The van der Waals surface area contributed by atoms with Gasteiger partial charge in [0.25, 0.3) is 0 Å². The zero-order chi connectivity index (χ0) is 29.4. The Hall–Kier alpha value is -2.49. The van der Waals surface area contributed by atoms with Crippen molar-refractivity contribution in [2.75, 3.05) is 23.7 Å². The Labute approximate surface area is 255 Å². The molecule has 3 aromatic carbocycles. The highest BCUT2D eigenvalue weighted by Crippen LogP contribution is 2.30. The van der Waals surface area contributed by atoms with Crippen LogP contribution in [-0.2, 0) is 32.6 Å². The largest absolute Gasteiger partial charge is 0.354 e. The van der Waals surface area contributed by atoms with Crippen LogP contribution >= 0.6 is 46.4 Å². The molecule has 0 saturated carbocycles. The van der Waals surface area contributed by atoms with E-state index in [1.54, 1.807) is 18.2 Å². The third kappa shape index (κ3) is 8.51. The summed E-state index contributed by atoms with van der Waals surface area (Å²) in [5, 5.41) is 3.84. The lowest BCUT2D eigenvalue weighted by atomic mass is 10.0. The standard InChI is InChI=1S/C28H29Cl4N3O4S/c1-3-14-33-28(37)26(15-19-8-5-4-6-9-19)34(17-21-22(29)10-7-11-23(21)30)27(36)18-35(40(2,38)39)20-12-13-24(31)25(32)16-20/h4-13,16,26H,3,14-15,17-18H2,1-2H3,(H,33,37)/t26-/m1/s1. The molecule has 0 aliphatic rings. The molecule has 0 spiro atoms. The van der Waals surface area contributed by atoms with E-state index in [0.717, 1.165) is 16.1 Å². The lowest BCUT2D eigenvalue weighted by Crippen LogP contribution is -2.53. The van der Waals surface area contributed by atoms with Crippen LogP contribution in [0.1, 0.15) is 24.5 Å². The molecule has 0 aliphatic heterocycles. The number of sulfonamides is 1. The van der Waals surface area contributed by atoms with E-state index in [1.807, 2.05) is 37.3 Å². The molecule has 0 aromatic heterocycles. The molecule has 12 heteroatoms. The Kier molecular flexibility index (Phi) is 11.5.